The molecular formula is C7H10N4O2. The summed E-state index contributed by atoms with van der Waals surface area (Å²) in [6, 6.07) is 0. The van der Waals surface area contributed by atoms with E-state index in [9.17, 15) is 4.79 Å². The molecule has 0 aliphatic heterocycles. The van der Waals surface area contributed by atoms with E-state index in [1.165, 1.54) is 0 Å². The molecule has 1 saturated carbocycles. The molecule has 70 valence electrons. The first-order chi connectivity index (χ1) is 6.12. The van der Waals surface area contributed by atoms with Crippen LogP contribution < -0.4 is 11.5 Å². The van der Waals surface area contributed by atoms with E-state index in [1.807, 2.05) is 0 Å². The van der Waals surface area contributed by atoms with Gasteiger partial charge in [0.1, 0.15) is 0 Å². The smallest absolute Gasteiger partial charge is 0.290 e. The van der Waals surface area contributed by atoms with Crippen molar-refractivity contribution >= 4 is 5.91 Å². The molecule has 0 bridgehead atoms. The summed E-state index contributed by atoms with van der Waals surface area (Å²) >= 11 is 0. The van der Waals surface area contributed by atoms with Gasteiger partial charge in [-0.15, -0.1) is 0 Å². The lowest BCUT2D eigenvalue weighted by Crippen LogP contribution is -2.43. The van der Waals surface area contributed by atoms with Gasteiger partial charge in [-0.3, -0.25) is 4.79 Å². The maximum atomic E-state index is 10.6. The van der Waals surface area contributed by atoms with Gasteiger partial charge in [0.05, 0.1) is 5.54 Å². The normalized spacial score (nSPS) is 19.5. The van der Waals surface area contributed by atoms with Gasteiger partial charge >= 0.3 is 0 Å². The lowest BCUT2D eigenvalue weighted by Gasteiger charge is -2.33. The molecule has 0 unspecified atom stereocenters. The van der Waals surface area contributed by atoms with Crippen molar-refractivity contribution in [3.63, 3.8) is 0 Å². The summed E-state index contributed by atoms with van der Waals surface area (Å²) in [7, 11) is 0. The SMILES string of the molecule is NC(=O)c1noc(C2(N)CCC2)n1. The number of aromatic nitrogens is 2. The third-order valence-electron chi connectivity index (χ3n) is 2.32. The van der Waals surface area contributed by atoms with Crippen molar-refractivity contribution in [1.82, 2.24) is 10.1 Å². The van der Waals surface area contributed by atoms with Gasteiger partial charge in [-0.1, -0.05) is 5.16 Å². The molecule has 1 amide bonds. The second kappa shape index (κ2) is 2.53. The van der Waals surface area contributed by atoms with E-state index < -0.39 is 11.4 Å². The summed E-state index contributed by atoms with van der Waals surface area (Å²) < 4.78 is 4.85. The van der Waals surface area contributed by atoms with Crippen LogP contribution in [0.5, 0.6) is 0 Å². The molecule has 1 aliphatic rings. The van der Waals surface area contributed by atoms with Crippen LogP contribution in [-0.4, -0.2) is 16.0 Å². The number of rotatable bonds is 2. The van der Waals surface area contributed by atoms with Crippen molar-refractivity contribution in [1.29, 1.82) is 0 Å². The summed E-state index contributed by atoms with van der Waals surface area (Å²) in [5.74, 6) is -0.489. The van der Waals surface area contributed by atoms with Gasteiger partial charge in [0, 0.05) is 0 Å². The lowest BCUT2D eigenvalue weighted by atomic mass is 9.78. The second-order valence-electron chi connectivity index (χ2n) is 3.30. The molecule has 1 aromatic heterocycles. The Balaban J connectivity index is 2.27. The van der Waals surface area contributed by atoms with Crippen molar-refractivity contribution in [2.75, 3.05) is 0 Å². The van der Waals surface area contributed by atoms with Crippen molar-refractivity contribution in [3.05, 3.63) is 11.7 Å². The molecule has 2 rings (SSSR count). The monoisotopic (exact) mass is 182 g/mol. The van der Waals surface area contributed by atoms with E-state index in [0.29, 0.717) is 5.89 Å². The molecule has 0 radical (unpaired) electrons. The van der Waals surface area contributed by atoms with Gasteiger partial charge in [-0.05, 0) is 19.3 Å². The van der Waals surface area contributed by atoms with Gasteiger partial charge in [0.2, 0.25) is 5.89 Å². The molecule has 0 atom stereocenters. The van der Waals surface area contributed by atoms with Gasteiger partial charge in [0.15, 0.2) is 0 Å². The highest BCUT2D eigenvalue weighted by Crippen LogP contribution is 2.37. The van der Waals surface area contributed by atoms with E-state index in [-0.39, 0.29) is 5.82 Å². The molecule has 1 aliphatic carbocycles. The number of nitrogens with two attached hydrogens (primary N) is 2. The van der Waals surface area contributed by atoms with Crippen LogP contribution in [0.4, 0.5) is 0 Å². The number of amides is 1. The zero-order valence-corrected chi connectivity index (χ0v) is 6.99. The van der Waals surface area contributed by atoms with Gasteiger partial charge in [-0.25, -0.2) is 0 Å². The topological polar surface area (TPSA) is 108 Å². The van der Waals surface area contributed by atoms with Crippen LogP contribution >= 0.6 is 0 Å². The fourth-order valence-corrected chi connectivity index (χ4v) is 1.30. The predicted molar refractivity (Wildman–Crippen MR) is 42.5 cm³/mol. The van der Waals surface area contributed by atoms with Crippen LogP contribution in [0.25, 0.3) is 0 Å². The van der Waals surface area contributed by atoms with E-state index in [4.69, 9.17) is 16.0 Å². The van der Waals surface area contributed by atoms with Gasteiger partial charge in [0.25, 0.3) is 11.7 Å². The molecule has 6 heteroatoms. The first-order valence-electron chi connectivity index (χ1n) is 4.05. The predicted octanol–water partition coefficient (Wildman–Crippen LogP) is -0.494. The minimum absolute atomic E-state index is 0.105. The minimum Gasteiger partial charge on any atom is -0.363 e. The lowest BCUT2D eigenvalue weighted by molar-refractivity contribution is 0.0987. The standard InChI is InChI=1S/C7H10N4O2/c8-4(12)5-10-6(13-11-5)7(9)2-1-3-7/h1-3,9H2,(H2,8,12). The molecule has 6 nitrogen and oxygen atoms in total. The van der Waals surface area contributed by atoms with Gasteiger partial charge in [-0.2, -0.15) is 4.98 Å². The number of nitrogens with zero attached hydrogens (tertiary/aromatic N) is 2. The van der Waals surface area contributed by atoms with E-state index in [1.54, 1.807) is 0 Å². The van der Waals surface area contributed by atoms with Crippen molar-refractivity contribution < 1.29 is 9.32 Å². The highest BCUT2D eigenvalue weighted by molar-refractivity contribution is 5.88. The Hall–Kier alpha value is -1.43. The summed E-state index contributed by atoms with van der Waals surface area (Å²) in [6.45, 7) is 0. The maximum Gasteiger partial charge on any atom is 0.290 e. The van der Waals surface area contributed by atoms with Crippen LogP contribution in [0.2, 0.25) is 0 Å². The summed E-state index contributed by atoms with van der Waals surface area (Å²) in [6.07, 6.45) is 2.67. The first kappa shape index (κ1) is 8.18. The molecule has 0 saturated heterocycles. The third kappa shape index (κ3) is 1.19. The van der Waals surface area contributed by atoms with Crippen molar-refractivity contribution in [2.45, 2.75) is 24.8 Å². The molecule has 1 fully saturated rings. The fraction of sp³-hybridized carbons (Fsp3) is 0.571. The van der Waals surface area contributed by atoms with E-state index >= 15 is 0 Å². The first-order valence-corrected chi connectivity index (χ1v) is 4.05. The van der Waals surface area contributed by atoms with E-state index in [0.717, 1.165) is 19.3 Å². The quantitative estimate of drug-likeness (QED) is 0.641. The van der Waals surface area contributed by atoms with Crippen LogP contribution in [0.1, 0.15) is 35.8 Å². The Kier molecular flexibility index (Phi) is 1.59. The summed E-state index contributed by atoms with van der Waals surface area (Å²) in [4.78, 5) is 14.5. The molecule has 0 aromatic carbocycles. The second-order valence-corrected chi connectivity index (χ2v) is 3.30. The number of carbonyl (C=O) groups excluding carboxylic acids is 1. The summed E-state index contributed by atoms with van der Waals surface area (Å²) in [5.41, 5.74) is 10.3. The average molecular weight is 182 g/mol. The largest absolute Gasteiger partial charge is 0.363 e. The highest BCUT2D eigenvalue weighted by Gasteiger charge is 2.40. The maximum absolute atomic E-state index is 10.6. The zero-order valence-electron chi connectivity index (χ0n) is 6.99. The molecule has 4 N–H and O–H groups in total. The Bertz CT molecular complexity index is 342. The van der Waals surface area contributed by atoms with Crippen LogP contribution in [0, 0.1) is 0 Å². The number of carbonyl (C=O) groups is 1. The third-order valence-corrected chi connectivity index (χ3v) is 2.32. The number of hydrogen-bond donors (Lipinski definition) is 2. The Morgan fingerprint density at radius 2 is 2.23 bits per heavy atom. The van der Waals surface area contributed by atoms with Crippen molar-refractivity contribution in [2.24, 2.45) is 11.5 Å². The fourth-order valence-electron chi connectivity index (χ4n) is 1.30. The molecule has 1 aromatic rings. The molecular weight excluding hydrogens is 172 g/mol. The Labute approximate surface area is 74.3 Å². The average Bonchev–Trinajstić information content (AvgIpc) is 2.48. The molecule has 0 spiro atoms. The van der Waals surface area contributed by atoms with Crippen LogP contribution in [0.15, 0.2) is 4.52 Å². The summed E-state index contributed by atoms with van der Waals surface area (Å²) in [5, 5.41) is 3.42. The van der Waals surface area contributed by atoms with Crippen LogP contribution in [0.3, 0.4) is 0 Å². The molecule has 13 heavy (non-hydrogen) atoms. The van der Waals surface area contributed by atoms with E-state index in [2.05, 4.69) is 10.1 Å². The number of primary amides is 1. The molecule has 1 heterocycles. The number of hydrogen-bond acceptors (Lipinski definition) is 5. The Morgan fingerprint density at radius 3 is 2.62 bits per heavy atom. The van der Waals surface area contributed by atoms with Crippen molar-refractivity contribution in [3.8, 4) is 0 Å². The van der Waals surface area contributed by atoms with Crippen LogP contribution in [-0.2, 0) is 5.54 Å². The van der Waals surface area contributed by atoms with Gasteiger partial charge < -0.3 is 16.0 Å². The zero-order chi connectivity index (χ0) is 9.47. The Morgan fingerprint density at radius 1 is 1.54 bits per heavy atom. The highest BCUT2D eigenvalue weighted by atomic mass is 16.5. The minimum atomic E-state index is -0.696.